The molecule has 0 heterocycles. The Morgan fingerprint density at radius 1 is 1.71 bits per heavy atom. The van der Waals surface area contributed by atoms with Crippen LogP contribution in [-0.2, 0) is 0 Å². The van der Waals surface area contributed by atoms with Crippen molar-refractivity contribution in [1.29, 1.82) is 0 Å². The molecule has 0 amide bonds. The minimum atomic E-state index is 0.269. The molecule has 7 heavy (non-hydrogen) atoms. The van der Waals surface area contributed by atoms with E-state index in [1.807, 2.05) is 19.1 Å². The molecule has 2 N–H and O–H groups in total. The maximum atomic E-state index is 5.50. The predicted octanol–water partition coefficient (Wildman–Crippen LogP) is 1.30. The Kier molecular flexibility index (Phi) is 3.71. The van der Waals surface area contributed by atoms with Crippen molar-refractivity contribution < 1.29 is 0 Å². The molecule has 0 saturated carbocycles. The van der Waals surface area contributed by atoms with Gasteiger partial charge in [-0.3, -0.25) is 0 Å². The van der Waals surface area contributed by atoms with Crippen LogP contribution in [0.25, 0.3) is 0 Å². The van der Waals surface area contributed by atoms with E-state index in [1.165, 1.54) is 0 Å². The fraction of sp³-hybridized carbons (Fsp3) is 0.667. The van der Waals surface area contributed by atoms with E-state index in [4.69, 9.17) is 5.73 Å². The van der Waals surface area contributed by atoms with Crippen molar-refractivity contribution in [1.82, 2.24) is 0 Å². The van der Waals surface area contributed by atoms with Crippen LogP contribution < -0.4 is 5.73 Å². The van der Waals surface area contributed by atoms with Crippen molar-refractivity contribution in [3.63, 3.8) is 0 Å². The molecule has 0 aromatic heterocycles. The highest BCUT2D eigenvalue weighted by Gasteiger charge is 1.85. The van der Waals surface area contributed by atoms with Gasteiger partial charge in [-0.2, -0.15) is 0 Å². The van der Waals surface area contributed by atoms with E-state index in [-0.39, 0.29) is 6.04 Å². The van der Waals surface area contributed by atoms with Crippen molar-refractivity contribution in [2.75, 3.05) is 0 Å². The minimum Gasteiger partial charge on any atom is -0.324 e. The van der Waals surface area contributed by atoms with Crippen LogP contribution in [0.2, 0.25) is 0 Å². The van der Waals surface area contributed by atoms with E-state index in [2.05, 4.69) is 6.92 Å². The Hall–Kier alpha value is -0.300. The molecule has 0 aliphatic heterocycles. The lowest BCUT2D eigenvalue weighted by molar-refractivity contribution is 0.781. The zero-order valence-electron chi connectivity index (χ0n) is 5.02. The summed E-state index contributed by atoms with van der Waals surface area (Å²) in [6.45, 7) is 4.06. The molecule has 0 aliphatic rings. The second-order valence-electron chi connectivity index (χ2n) is 1.60. The third-order valence-corrected chi connectivity index (χ3v) is 0.911. The number of hydrogen-bond donors (Lipinski definition) is 1. The maximum absolute atomic E-state index is 5.50. The van der Waals surface area contributed by atoms with Crippen molar-refractivity contribution in [2.24, 2.45) is 5.73 Å². The number of nitrogens with two attached hydrogens (primary N) is 1. The third-order valence-electron chi connectivity index (χ3n) is 0.911. The third kappa shape index (κ3) is 3.53. The fourth-order valence-electron chi connectivity index (χ4n) is 0.383. The quantitative estimate of drug-likeness (QED) is 0.519. The summed E-state index contributed by atoms with van der Waals surface area (Å²) >= 11 is 0. The number of hydrogen-bond acceptors (Lipinski definition) is 1. The largest absolute Gasteiger partial charge is 0.324 e. The lowest BCUT2D eigenvalue weighted by Crippen LogP contribution is -2.14. The molecule has 0 bridgehead atoms. The molecule has 0 rings (SSSR count). The lowest BCUT2D eigenvalue weighted by atomic mass is 10.2. The van der Waals surface area contributed by atoms with Crippen LogP contribution >= 0.6 is 0 Å². The van der Waals surface area contributed by atoms with Crippen LogP contribution in [0.5, 0.6) is 0 Å². The van der Waals surface area contributed by atoms with Crippen molar-refractivity contribution in [3.05, 3.63) is 12.2 Å². The van der Waals surface area contributed by atoms with Gasteiger partial charge in [-0.15, -0.1) is 0 Å². The van der Waals surface area contributed by atoms with Gasteiger partial charge in [0, 0.05) is 6.04 Å². The molecule has 1 unspecified atom stereocenters. The van der Waals surface area contributed by atoms with Gasteiger partial charge >= 0.3 is 0 Å². The molecule has 1 heteroatoms. The standard InChI is InChI=1S/C6H13N/c1-3-5-6(7)4-2/h3,5-6H,4,7H2,1-2H3/b5-3+. The van der Waals surface area contributed by atoms with Crippen LogP contribution in [0, 0.1) is 0 Å². The van der Waals surface area contributed by atoms with Gasteiger partial charge in [0.2, 0.25) is 0 Å². The fourth-order valence-corrected chi connectivity index (χ4v) is 0.383. The first-order chi connectivity index (χ1) is 3.31. The molecule has 0 saturated heterocycles. The van der Waals surface area contributed by atoms with E-state index < -0.39 is 0 Å². The van der Waals surface area contributed by atoms with E-state index in [0.29, 0.717) is 0 Å². The first-order valence-corrected chi connectivity index (χ1v) is 2.69. The smallest absolute Gasteiger partial charge is 0.0220 e. The lowest BCUT2D eigenvalue weighted by Gasteiger charge is -1.96. The Morgan fingerprint density at radius 2 is 2.29 bits per heavy atom. The zero-order valence-corrected chi connectivity index (χ0v) is 5.02. The minimum absolute atomic E-state index is 0.269. The Morgan fingerprint density at radius 3 is 2.43 bits per heavy atom. The van der Waals surface area contributed by atoms with Gasteiger partial charge in [-0.25, -0.2) is 0 Å². The number of allylic oxidation sites excluding steroid dienone is 1. The van der Waals surface area contributed by atoms with Crippen molar-refractivity contribution in [2.45, 2.75) is 26.3 Å². The summed E-state index contributed by atoms with van der Waals surface area (Å²) in [4.78, 5) is 0. The molecule has 0 radical (unpaired) electrons. The van der Waals surface area contributed by atoms with Gasteiger partial charge in [0.05, 0.1) is 0 Å². The summed E-state index contributed by atoms with van der Waals surface area (Å²) in [6.07, 6.45) is 5.01. The van der Waals surface area contributed by atoms with Gasteiger partial charge in [0.1, 0.15) is 0 Å². The van der Waals surface area contributed by atoms with E-state index in [1.54, 1.807) is 0 Å². The molecule has 0 aromatic rings. The Bertz CT molecular complexity index is 57.2. The molecule has 0 aromatic carbocycles. The summed E-state index contributed by atoms with van der Waals surface area (Å²) in [6, 6.07) is 0.269. The average molecular weight is 99.2 g/mol. The second kappa shape index (κ2) is 3.88. The molecular formula is C6H13N. The van der Waals surface area contributed by atoms with E-state index >= 15 is 0 Å². The van der Waals surface area contributed by atoms with Gasteiger partial charge in [-0.05, 0) is 13.3 Å². The SMILES string of the molecule is C/C=C/C(N)CC. The summed E-state index contributed by atoms with van der Waals surface area (Å²) in [7, 11) is 0. The highest BCUT2D eigenvalue weighted by molar-refractivity contribution is 4.87. The van der Waals surface area contributed by atoms with Crippen LogP contribution in [-0.4, -0.2) is 6.04 Å². The summed E-state index contributed by atoms with van der Waals surface area (Å²) < 4.78 is 0. The normalized spacial score (nSPS) is 15.3. The molecule has 0 aliphatic carbocycles. The van der Waals surface area contributed by atoms with Crippen LogP contribution in [0.15, 0.2) is 12.2 Å². The van der Waals surface area contributed by atoms with Gasteiger partial charge in [-0.1, -0.05) is 19.1 Å². The average Bonchev–Trinajstić information content (AvgIpc) is 1.68. The highest BCUT2D eigenvalue weighted by Crippen LogP contribution is 1.85. The summed E-state index contributed by atoms with van der Waals surface area (Å²) in [5.41, 5.74) is 5.50. The summed E-state index contributed by atoms with van der Waals surface area (Å²) in [5.74, 6) is 0. The second-order valence-corrected chi connectivity index (χ2v) is 1.60. The monoisotopic (exact) mass is 99.1 g/mol. The zero-order chi connectivity index (χ0) is 5.70. The molecule has 0 spiro atoms. The Labute approximate surface area is 45.2 Å². The summed E-state index contributed by atoms with van der Waals surface area (Å²) in [5, 5.41) is 0. The maximum Gasteiger partial charge on any atom is 0.0220 e. The van der Waals surface area contributed by atoms with E-state index in [0.717, 1.165) is 6.42 Å². The number of rotatable bonds is 2. The molecule has 1 nitrogen and oxygen atoms in total. The van der Waals surface area contributed by atoms with Crippen LogP contribution in [0.4, 0.5) is 0 Å². The first-order valence-electron chi connectivity index (χ1n) is 2.69. The van der Waals surface area contributed by atoms with Crippen LogP contribution in [0.1, 0.15) is 20.3 Å². The van der Waals surface area contributed by atoms with Gasteiger partial charge in [0.25, 0.3) is 0 Å². The molecular weight excluding hydrogens is 86.1 g/mol. The molecule has 1 atom stereocenters. The van der Waals surface area contributed by atoms with Gasteiger partial charge < -0.3 is 5.73 Å². The highest BCUT2D eigenvalue weighted by atomic mass is 14.6. The predicted molar refractivity (Wildman–Crippen MR) is 33.1 cm³/mol. The van der Waals surface area contributed by atoms with Crippen LogP contribution in [0.3, 0.4) is 0 Å². The molecule has 0 fully saturated rings. The molecule has 42 valence electrons. The Balaban J connectivity index is 3.16. The van der Waals surface area contributed by atoms with E-state index in [9.17, 15) is 0 Å². The van der Waals surface area contributed by atoms with Crippen molar-refractivity contribution >= 4 is 0 Å². The van der Waals surface area contributed by atoms with Gasteiger partial charge in [0.15, 0.2) is 0 Å². The van der Waals surface area contributed by atoms with Crippen molar-refractivity contribution in [3.8, 4) is 0 Å². The topological polar surface area (TPSA) is 26.0 Å². The first kappa shape index (κ1) is 6.70.